The van der Waals surface area contributed by atoms with E-state index >= 15 is 0 Å². The summed E-state index contributed by atoms with van der Waals surface area (Å²) in [5.41, 5.74) is -0.861. The van der Waals surface area contributed by atoms with Crippen molar-refractivity contribution < 1.29 is 10.2 Å². The van der Waals surface area contributed by atoms with Gasteiger partial charge in [-0.05, 0) is 13.3 Å². The second-order valence-electron chi connectivity index (χ2n) is 2.01. The normalized spacial score (nSPS) is 16.5. The van der Waals surface area contributed by atoms with Crippen LogP contribution in [0.15, 0.2) is 0 Å². The quantitative estimate of drug-likeness (QED) is 0.502. The van der Waals surface area contributed by atoms with Crippen LogP contribution in [0.3, 0.4) is 0 Å². The van der Waals surface area contributed by atoms with Gasteiger partial charge in [0.25, 0.3) is 0 Å². The molecule has 8 heavy (non-hydrogen) atoms. The summed E-state index contributed by atoms with van der Waals surface area (Å²) in [6, 6.07) is 0. The molecule has 0 saturated heterocycles. The summed E-state index contributed by atoms with van der Waals surface area (Å²) in [6.07, 6.45) is 0.601. The Morgan fingerprint density at radius 2 is 1.88 bits per heavy atom. The fourth-order valence-electron chi connectivity index (χ4n) is 0.112. The van der Waals surface area contributed by atoms with Crippen LogP contribution in [0, 0.1) is 0 Å². The van der Waals surface area contributed by atoms with E-state index in [1.165, 1.54) is 0 Å². The molecule has 2 nitrogen and oxygen atoms in total. The Morgan fingerprint density at radius 3 is 1.88 bits per heavy atom. The summed E-state index contributed by atoms with van der Waals surface area (Å²) in [7, 11) is 0. The molecule has 1 radical (unpaired) electrons. The topological polar surface area (TPSA) is 40.5 Å². The molecule has 1 unspecified atom stereocenters. The van der Waals surface area contributed by atoms with E-state index in [9.17, 15) is 0 Å². The van der Waals surface area contributed by atoms with E-state index in [0.717, 1.165) is 0 Å². The van der Waals surface area contributed by atoms with Crippen molar-refractivity contribution >= 4 is 29.6 Å². The third kappa shape index (κ3) is 5.06. The van der Waals surface area contributed by atoms with Gasteiger partial charge in [0.15, 0.2) is 0 Å². The molecule has 3 heteroatoms. The van der Waals surface area contributed by atoms with E-state index in [2.05, 4.69) is 0 Å². The van der Waals surface area contributed by atoms with Crippen LogP contribution in [-0.4, -0.2) is 52.0 Å². The Hall–Kier alpha value is 0.920. The van der Waals surface area contributed by atoms with Gasteiger partial charge in [-0.2, -0.15) is 0 Å². The fraction of sp³-hybridized carbons (Fsp3) is 1.00. The zero-order valence-electron chi connectivity index (χ0n) is 5.81. The van der Waals surface area contributed by atoms with Crippen molar-refractivity contribution in [2.24, 2.45) is 0 Å². The SMILES string of the molecule is CCC(C)(O)CO.[Na]. The molecule has 0 heterocycles. The van der Waals surface area contributed by atoms with Crippen LogP contribution in [0.1, 0.15) is 20.3 Å². The van der Waals surface area contributed by atoms with Gasteiger partial charge in [-0.25, -0.2) is 0 Å². The van der Waals surface area contributed by atoms with Gasteiger partial charge in [0.05, 0.1) is 12.2 Å². The van der Waals surface area contributed by atoms with Crippen molar-refractivity contribution in [2.75, 3.05) is 6.61 Å². The van der Waals surface area contributed by atoms with Crippen LogP contribution < -0.4 is 0 Å². The molecule has 2 N–H and O–H groups in total. The van der Waals surface area contributed by atoms with Crippen molar-refractivity contribution in [3.8, 4) is 0 Å². The fourth-order valence-corrected chi connectivity index (χ4v) is 0.112. The summed E-state index contributed by atoms with van der Waals surface area (Å²) in [6.45, 7) is 3.28. The summed E-state index contributed by atoms with van der Waals surface area (Å²) < 4.78 is 0. The third-order valence-electron chi connectivity index (χ3n) is 1.10. The maximum atomic E-state index is 8.88. The molecular formula is C5H12NaO2. The smallest absolute Gasteiger partial charge is 0.0846 e. The van der Waals surface area contributed by atoms with Gasteiger partial charge >= 0.3 is 0 Å². The Morgan fingerprint density at radius 1 is 1.50 bits per heavy atom. The zero-order chi connectivity index (χ0) is 5.91. The second-order valence-corrected chi connectivity index (χ2v) is 2.01. The number of hydrogen-bond donors (Lipinski definition) is 2. The minimum atomic E-state index is -0.861. The summed E-state index contributed by atoms with van der Waals surface area (Å²) in [5, 5.41) is 17.2. The third-order valence-corrected chi connectivity index (χ3v) is 1.10. The van der Waals surface area contributed by atoms with Gasteiger partial charge in [-0.15, -0.1) is 0 Å². The van der Waals surface area contributed by atoms with Crippen LogP contribution in [0.5, 0.6) is 0 Å². The monoisotopic (exact) mass is 127 g/mol. The van der Waals surface area contributed by atoms with Gasteiger partial charge in [-0.3, -0.25) is 0 Å². The molecule has 0 aromatic heterocycles. The number of aliphatic hydroxyl groups is 2. The van der Waals surface area contributed by atoms with Gasteiger partial charge < -0.3 is 10.2 Å². The molecule has 0 aromatic rings. The van der Waals surface area contributed by atoms with Gasteiger partial charge in [0.1, 0.15) is 0 Å². The van der Waals surface area contributed by atoms with E-state index in [1.54, 1.807) is 6.92 Å². The van der Waals surface area contributed by atoms with Crippen LogP contribution in [0.4, 0.5) is 0 Å². The summed E-state index contributed by atoms with van der Waals surface area (Å²) in [4.78, 5) is 0. The predicted molar refractivity (Wildman–Crippen MR) is 33.8 cm³/mol. The molecule has 0 aliphatic rings. The average Bonchev–Trinajstić information content (AvgIpc) is 1.68. The Kier molecular flexibility index (Phi) is 6.96. The molecular weight excluding hydrogens is 115 g/mol. The molecule has 0 saturated carbocycles. The van der Waals surface area contributed by atoms with E-state index in [1.807, 2.05) is 6.92 Å². The summed E-state index contributed by atoms with van der Waals surface area (Å²) in [5.74, 6) is 0. The molecule has 0 rings (SSSR count). The summed E-state index contributed by atoms with van der Waals surface area (Å²) >= 11 is 0. The second kappa shape index (κ2) is 4.77. The minimum Gasteiger partial charge on any atom is -0.393 e. The maximum absolute atomic E-state index is 8.88. The average molecular weight is 127 g/mol. The molecule has 0 fully saturated rings. The first-order valence-electron chi connectivity index (χ1n) is 2.45. The van der Waals surface area contributed by atoms with Crippen molar-refractivity contribution in [3.05, 3.63) is 0 Å². The van der Waals surface area contributed by atoms with Gasteiger partial charge in [0, 0.05) is 29.6 Å². The molecule has 0 aromatic carbocycles. The first-order chi connectivity index (χ1) is 3.12. The molecule has 0 spiro atoms. The Bertz CT molecular complexity index is 48.4. The van der Waals surface area contributed by atoms with E-state index in [-0.39, 0.29) is 36.2 Å². The van der Waals surface area contributed by atoms with Crippen LogP contribution >= 0.6 is 0 Å². The van der Waals surface area contributed by atoms with E-state index in [0.29, 0.717) is 6.42 Å². The zero-order valence-corrected chi connectivity index (χ0v) is 7.81. The number of hydrogen-bond acceptors (Lipinski definition) is 2. The van der Waals surface area contributed by atoms with Gasteiger partial charge in [-0.1, -0.05) is 6.92 Å². The standard InChI is InChI=1S/C5H12O2.Na/c1-3-5(2,7)4-6;/h6-7H,3-4H2,1-2H3;. The Labute approximate surface area is 72.2 Å². The molecule has 0 aliphatic heterocycles. The van der Waals surface area contributed by atoms with Crippen molar-refractivity contribution in [1.29, 1.82) is 0 Å². The first kappa shape index (κ1) is 11.7. The van der Waals surface area contributed by atoms with Crippen LogP contribution in [-0.2, 0) is 0 Å². The largest absolute Gasteiger partial charge is 0.393 e. The Balaban J connectivity index is 0. The van der Waals surface area contributed by atoms with Crippen LogP contribution in [0.25, 0.3) is 0 Å². The van der Waals surface area contributed by atoms with E-state index < -0.39 is 5.60 Å². The van der Waals surface area contributed by atoms with E-state index in [4.69, 9.17) is 10.2 Å². The number of rotatable bonds is 2. The molecule has 0 bridgehead atoms. The minimum absolute atomic E-state index is 0. The number of aliphatic hydroxyl groups excluding tert-OH is 1. The molecule has 1 atom stereocenters. The molecule has 0 aliphatic carbocycles. The van der Waals surface area contributed by atoms with Crippen molar-refractivity contribution in [1.82, 2.24) is 0 Å². The maximum Gasteiger partial charge on any atom is 0.0846 e. The van der Waals surface area contributed by atoms with Gasteiger partial charge in [0.2, 0.25) is 0 Å². The van der Waals surface area contributed by atoms with Crippen molar-refractivity contribution in [2.45, 2.75) is 25.9 Å². The first-order valence-corrected chi connectivity index (χ1v) is 2.45. The van der Waals surface area contributed by atoms with Crippen LogP contribution in [0.2, 0.25) is 0 Å². The van der Waals surface area contributed by atoms with Crippen molar-refractivity contribution in [3.63, 3.8) is 0 Å². The molecule has 0 amide bonds. The predicted octanol–water partition coefficient (Wildman–Crippen LogP) is -0.241. The molecule has 45 valence electrons.